The summed E-state index contributed by atoms with van der Waals surface area (Å²) < 4.78 is 4.75. The number of carbonyl (C=O) groups excluding carboxylic acids is 2. The van der Waals surface area contributed by atoms with Crippen molar-refractivity contribution in [2.45, 2.75) is 31.5 Å². The van der Waals surface area contributed by atoms with E-state index in [0.29, 0.717) is 0 Å². The van der Waals surface area contributed by atoms with Gasteiger partial charge >= 0.3 is 0 Å². The third-order valence-corrected chi connectivity index (χ3v) is 2.09. The molecular weight excluding hydrogens is 206 g/mol. The molecule has 0 aromatic carbocycles. The summed E-state index contributed by atoms with van der Waals surface area (Å²) in [5, 5.41) is 29.5. The van der Waals surface area contributed by atoms with Gasteiger partial charge in [0.05, 0.1) is 6.61 Å². The van der Waals surface area contributed by atoms with Crippen molar-refractivity contribution in [1.82, 2.24) is 5.32 Å². The molecule has 0 radical (unpaired) electrons. The molecule has 4 N–H and O–H groups in total. The van der Waals surface area contributed by atoms with Gasteiger partial charge in [-0.05, 0) is 0 Å². The fourth-order valence-corrected chi connectivity index (χ4v) is 1.34. The van der Waals surface area contributed by atoms with Gasteiger partial charge in [0.25, 0.3) is 0 Å². The van der Waals surface area contributed by atoms with Crippen LogP contribution < -0.4 is 5.32 Å². The number of Topliss-reactive ketones (excluding diaryl/α,β-unsaturated/α-hetero) is 1. The summed E-state index contributed by atoms with van der Waals surface area (Å²) in [6.45, 7) is 0.585. The summed E-state index contributed by atoms with van der Waals surface area (Å²) in [6.07, 6.45) is -4.25. The summed E-state index contributed by atoms with van der Waals surface area (Å²) >= 11 is 0. The van der Waals surface area contributed by atoms with Crippen LogP contribution in [-0.2, 0) is 14.3 Å². The Morgan fingerprint density at radius 1 is 1.53 bits per heavy atom. The summed E-state index contributed by atoms with van der Waals surface area (Å²) in [4.78, 5) is 22.1. The fourth-order valence-electron chi connectivity index (χ4n) is 1.34. The van der Waals surface area contributed by atoms with E-state index in [9.17, 15) is 19.8 Å². The van der Waals surface area contributed by atoms with Crippen LogP contribution in [0.1, 0.15) is 6.92 Å². The molecule has 1 aliphatic heterocycles. The molecule has 1 rings (SSSR count). The van der Waals surface area contributed by atoms with Gasteiger partial charge in [-0.25, -0.2) is 0 Å². The van der Waals surface area contributed by atoms with Crippen molar-refractivity contribution in [2.75, 3.05) is 6.61 Å². The van der Waals surface area contributed by atoms with Gasteiger partial charge in [-0.2, -0.15) is 0 Å². The van der Waals surface area contributed by atoms with Crippen molar-refractivity contribution < 1.29 is 29.6 Å². The Labute approximate surface area is 85.7 Å². The number of ketones is 1. The number of rotatable bonds is 2. The minimum absolute atomic E-state index is 0.523. The minimum atomic E-state index is -1.55. The highest BCUT2D eigenvalue weighted by Gasteiger charge is 2.43. The molecule has 0 aliphatic carbocycles. The quantitative estimate of drug-likeness (QED) is 0.397. The van der Waals surface area contributed by atoms with Gasteiger partial charge in [0.15, 0.2) is 12.1 Å². The molecule has 1 amide bonds. The average molecular weight is 219 g/mol. The maximum atomic E-state index is 11.4. The van der Waals surface area contributed by atoms with E-state index in [0.717, 1.165) is 0 Å². The molecule has 4 atom stereocenters. The zero-order valence-corrected chi connectivity index (χ0v) is 8.08. The first-order valence-electron chi connectivity index (χ1n) is 4.40. The predicted molar refractivity (Wildman–Crippen MR) is 46.6 cm³/mol. The zero-order valence-electron chi connectivity index (χ0n) is 8.08. The van der Waals surface area contributed by atoms with Crippen molar-refractivity contribution in [2.24, 2.45) is 0 Å². The highest BCUT2D eigenvalue weighted by atomic mass is 16.6. The van der Waals surface area contributed by atoms with E-state index in [1.165, 1.54) is 6.92 Å². The molecular formula is C8H13NO6. The van der Waals surface area contributed by atoms with Crippen molar-refractivity contribution >= 4 is 11.7 Å². The van der Waals surface area contributed by atoms with Crippen LogP contribution in [0.4, 0.5) is 0 Å². The Hall–Kier alpha value is -1.02. The van der Waals surface area contributed by atoms with Gasteiger partial charge < -0.3 is 25.4 Å². The number of hydrogen-bond donors (Lipinski definition) is 4. The molecule has 0 aromatic heterocycles. The third-order valence-electron chi connectivity index (χ3n) is 2.09. The fraction of sp³-hybridized carbons (Fsp3) is 0.750. The third kappa shape index (κ3) is 2.51. The molecule has 1 aliphatic rings. The van der Waals surface area contributed by atoms with Crippen LogP contribution in [0.2, 0.25) is 0 Å². The number of nitrogens with one attached hydrogen (secondary N) is 1. The molecule has 7 heteroatoms. The molecule has 1 saturated heterocycles. The van der Waals surface area contributed by atoms with Crippen molar-refractivity contribution in [3.8, 4) is 0 Å². The number of aliphatic hydroxyl groups is 3. The monoisotopic (exact) mass is 219 g/mol. The lowest BCUT2D eigenvalue weighted by Crippen LogP contribution is -2.61. The highest BCUT2D eigenvalue weighted by Crippen LogP contribution is 2.15. The second kappa shape index (κ2) is 4.67. The predicted octanol–water partition coefficient (Wildman–Crippen LogP) is -2.87. The Morgan fingerprint density at radius 3 is 2.60 bits per heavy atom. The highest BCUT2D eigenvalue weighted by molar-refractivity contribution is 5.92. The smallest absolute Gasteiger partial charge is 0.217 e. The summed E-state index contributed by atoms with van der Waals surface area (Å²) in [6, 6.07) is -1.29. The number of ether oxygens (including phenoxy) is 1. The molecule has 1 heterocycles. The van der Waals surface area contributed by atoms with Crippen LogP contribution in [0.15, 0.2) is 0 Å². The SMILES string of the molecule is CC(=O)N[C@@H]1C(=O)[C@H](O)[C@@H](CO)O[C@H]1O. The number of carbonyl (C=O) groups is 2. The molecule has 0 bridgehead atoms. The summed E-state index contributed by atoms with van der Waals surface area (Å²) in [5.74, 6) is -1.30. The van der Waals surface area contributed by atoms with Crippen LogP contribution in [0, 0.1) is 0 Å². The van der Waals surface area contributed by atoms with Gasteiger partial charge in [-0.15, -0.1) is 0 Å². The zero-order chi connectivity index (χ0) is 11.6. The topological polar surface area (TPSA) is 116 Å². The first kappa shape index (κ1) is 12.1. The van der Waals surface area contributed by atoms with Gasteiger partial charge in [-0.3, -0.25) is 9.59 Å². The average Bonchev–Trinajstić information content (AvgIpc) is 2.18. The number of hydrogen-bond acceptors (Lipinski definition) is 6. The second-order valence-electron chi connectivity index (χ2n) is 3.27. The Bertz CT molecular complexity index is 268. The maximum absolute atomic E-state index is 11.4. The van der Waals surface area contributed by atoms with Crippen molar-refractivity contribution in [1.29, 1.82) is 0 Å². The number of aliphatic hydroxyl groups excluding tert-OH is 3. The number of amides is 1. The van der Waals surface area contributed by atoms with Gasteiger partial charge in [-0.1, -0.05) is 0 Å². The molecule has 0 saturated carbocycles. The normalized spacial score (nSPS) is 36.4. The summed E-state index contributed by atoms with van der Waals surface area (Å²) in [7, 11) is 0. The van der Waals surface area contributed by atoms with E-state index < -0.39 is 42.8 Å². The molecule has 1 fully saturated rings. The molecule has 0 spiro atoms. The first-order valence-corrected chi connectivity index (χ1v) is 4.40. The van der Waals surface area contributed by atoms with Crippen LogP contribution in [0.5, 0.6) is 0 Å². The van der Waals surface area contributed by atoms with Gasteiger partial charge in [0.2, 0.25) is 5.91 Å². The second-order valence-corrected chi connectivity index (χ2v) is 3.27. The molecule has 86 valence electrons. The van der Waals surface area contributed by atoms with E-state index in [1.807, 2.05) is 0 Å². The van der Waals surface area contributed by atoms with E-state index in [-0.39, 0.29) is 0 Å². The van der Waals surface area contributed by atoms with Crippen LogP contribution in [0.3, 0.4) is 0 Å². The molecule has 0 unspecified atom stereocenters. The maximum Gasteiger partial charge on any atom is 0.217 e. The molecule has 15 heavy (non-hydrogen) atoms. The lowest BCUT2D eigenvalue weighted by atomic mass is 9.99. The largest absolute Gasteiger partial charge is 0.394 e. The van der Waals surface area contributed by atoms with E-state index in [2.05, 4.69) is 5.32 Å². The molecule has 7 nitrogen and oxygen atoms in total. The van der Waals surface area contributed by atoms with Crippen molar-refractivity contribution in [3.63, 3.8) is 0 Å². The van der Waals surface area contributed by atoms with Gasteiger partial charge in [0, 0.05) is 6.92 Å². The van der Waals surface area contributed by atoms with E-state index in [1.54, 1.807) is 0 Å². The lowest BCUT2D eigenvalue weighted by Gasteiger charge is -2.34. The lowest BCUT2D eigenvalue weighted by molar-refractivity contribution is -0.215. The van der Waals surface area contributed by atoms with E-state index >= 15 is 0 Å². The molecule has 0 aromatic rings. The van der Waals surface area contributed by atoms with Crippen LogP contribution in [-0.4, -0.2) is 58.2 Å². The first-order chi connectivity index (χ1) is 6.97. The van der Waals surface area contributed by atoms with Gasteiger partial charge in [0.1, 0.15) is 18.2 Å². The van der Waals surface area contributed by atoms with E-state index in [4.69, 9.17) is 9.84 Å². The Balaban J connectivity index is 2.75. The standard InChI is InChI=1S/C8H13NO6/c1-3(11)9-5-7(13)6(12)4(2-10)15-8(5)14/h4-6,8,10,12,14H,2H2,1H3,(H,9,11)/t4-,5-,6-,8-/m1/s1. The minimum Gasteiger partial charge on any atom is -0.394 e. The Morgan fingerprint density at radius 2 is 2.13 bits per heavy atom. The summed E-state index contributed by atoms with van der Waals surface area (Å²) in [5.41, 5.74) is 0. The van der Waals surface area contributed by atoms with Crippen LogP contribution >= 0.6 is 0 Å². The Kier molecular flexibility index (Phi) is 3.75. The van der Waals surface area contributed by atoms with Crippen molar-refractivity contribution in [3.05, 3.63) is 0 Å². The van der Waals surface area contributed by atoms with Crippen LogP contribution in [0.25, 0.3) is 0 Å².